The molecule has 0 radical (unpaired) electrons. The van der Waals surface area contributed by atoms with Gasteiger partial charge in [0.2, 0.25) is 0 Å². The van der Waals surface area contributed by atoms with Crippen LogP contribution in [0.1, 0.15) is 16.2 Å². The smallest absolute Gasteiger partial charge is 0.255 e. The van der Waals surface area contributed by atoms with E-state index < -0.39 is 5.82 Å². The van der Waals surface area contributed by atoms with Gasteiger partial charge >= 0.3 is 0 Å². The van der Waals surface area contributed by atoms with Crippen molar-refractivity contribution in [1.29, 1.82) is 0 Å². The summed E-state index contributed by atoms with van der Waals surface area (Å²) in [6.07, 6.45) is 0. The maximum atomic E-state index is 13.1. The summed E-state index contributed by atoms with van der Waals surface area (Å²) in [4.78, 5) is 16.2. The third-order valence-electron chi connectivity index (χ3n) is 2.84. The predicted octanol–water partition coefficient (Wildman–Crippen LogP) is 3.53. The van der Waals surface area contributed by atoms with E-state index >= 15 is 0 Å². The van der Waals surface area contributed by atoms with Crippen molar-refractivity contribution in [2.45, 2.75) is 6.92 Å². The number of nitrogens with one attached hydrogen (secondary N) is 1. The number of oxazole rings is 1. The molecule has 0 bridgehead atoms. The van der Waals surface area contributed by atoms with Gasteiger partial charge in [0.05, 0.1) is 0 Å². The summed E-state index contributed by atoms with van der Waals surface area (Å²) in [5.74, 6) is -0.257. The molecule has 2 aromatic carbocycles. The van der Waals surface area contributed by atoms with Gasteiger partial charge in [0.15, 0.2) is 11.5 Å². The highest BCUT2D eigenvalue weighted by Gasteiger charge is 2.09. The van der Waals surface area contributed by atoms with Crippen LogP contribution < -0.4 is 5.32 Å². The third kappa shape index (κ3) is 2.38. The van der Waals surface area contributed by atoms with Gasteiger partial charge in [0.1, 0.15) is 11.3 Å². The van der Waals surface area contributed by atoms with Crippen LogP contribution >= 0.6 is 0 Å². The largest absolute Gasteiger partial charge is 0.441 e. The molecule has 0 saturated heterocycles. The quantitative estimate of drug-likeness (QED) is 0.775. The van der Waals surface area contributed by atoms with Crippen molar-refractivity contribution in [3.63, 3.8) is 0 Å². The maximum Gasteiger partial charge on any atom is 0.255 e. The van der Waals surface area contributed by atoms with Crippen molar-refractivity contribution in [3.8, 4) is 0 Å². The first kappa shape index (κ1) is 12.3. The topological polar surface area (TPSA) is 55.1 Å². The van der Waals surface area contributed by atoms with E-state index in [0.29, 0.717) is 17.2 Å². The van der Waals surface area contributed by atoms with Crippen LogP contribution in [0.25, 0.3) is 11.1 Å². The lowest BCUT2D eigenvalue weighted by Gasteiger charge is -2.04. The monoisotopic (exact) mass is 270 g/mol. The van der Waals surface area contributed by atoms with Crippen LogP contribution in [0.4, 0.5) is 10.1 Å². The van der Waals surface area contributed by atoms with Crippen LogP contribution in [0.5, 0.6) is 0 Å². The van der Waals surface area contributed by atoms with Crippen LogP contribution in [0.3, 0.4) is 0 Å². The summed E-state index contributed by atoms with van der Waals surface area (Å²) >= 11 is 0. The molecule has 1 N–H and O–H groups in total. The summed E-state index contributed by atoms with van der Waals surface area (Å²) in [6.45, 7) is 1.75. The Morgan fingerprint density at radius 2 is 2.10 bits per heavy atom. The van der Waals surface area contributed by atoms with Crippen molar-refractivity contribution >= 4 is 22.7 Å². The number of aryl methyl sites for hydroxylation is 1. The highest BCUT2D eigenvalue weighted by Crippen LogP contribution is 2.20. The Morgan fingerprint density at radius 3 is 2.90 bits per heavy atom. The first-order chi connectivity index (χ1) is 9.61. The number of hydrogen-bond donors (Lipinski definition) is 1. The molecule has 1 amide bonds. The second kappa shape index (κ2) is 4.77. The number of benzene rings is 2. The Labute approximate surface area is 114 Å². The van der Waals surface area contributed by atoms with Gasteiger partial charge < -0.3 is 9.73 Å². The molecule has 0 aliphatic rings. The molecule has 4 nitrogen and oxygen atoms in total. The average Bonchev–Trinajstić information content (AvgIpc) is 2.78. The Morgan fingerprint density at radius 1 is 1.25 bits per heavy atom. The van der Waals surface area contributed by atoms with Crippen LogP contribution in [-0.4, -0.2) is 10.9 Å². The normalized spacial score (nSPS) is 10.7. The van der Waals surface area contributed by atoms with E-state index in [1.165, 1.54) is 18.2 Å². The van der Waals surface area contributed by atoms with Gasteiger partial charge in [-0.1, -0.05) is 6.07 Å². The number of aromatic nitrogens is 1. The van der Waals surface area contributed by atoms with Crippen LogP contribution in [0.15, 0.2) is 46.9 Å². The SMILES string of the molecule is Cc1nc2ccc(NC(=O)c3cccc(F)c3)cc2o1. The zero-order valence-corrected chi connectivity index (χ0v) is 10.7. The third-order valence-corrected chi connectivity index (χ3v) is 2.84. The molecular weight excluding hydrogens is 259 g/mol. The van der Waals surface area contributed by atoms with E-state index in [9.17, 15) is 9.18 Å². The van der Waals surface area contributed by atoms with E-state index in [1.807, 2.05) is 0 Å². The molecule has 1 heterocycles. The molecule has 1 aromatic heterocycles. The number of fused-ring (bicyclic) bond motifs is 1. The number of hydrogen-bond acceptors (Lipinski definition) is 3. The zero-order valence-electron chi connectivity index (χ0n) is 10.7. The summed E-state index contributed by atoms with van der Waals surface area (Å²) < 4.78 is 18.5. The van der Waals surface area contributed by atoms with Crippen molar-refractivity contribution in [2.75, 3.05) is 5.32 Å². The highest BCUT2D eigenvalue weighted by atomic mass is 19.1. The van der Waals surface area contributed by atoms with Gasteiger partial charge in [-0.25, -0.2) is 9.37 Å². The van der Waals surface area contributed by atoms with Gasteiger partial charge in [-0.3, -0.25) is 4.79 Å². The van der Waals surface area contributed by atoms with Gasteiger partial charge in [-0.2, -0.15) is 0 Å². The second-order valence-corrected chi connectivity index (χ2v) is 4.38. The highest BCUT2D eigenvalue weighted by molar-refractivity contribution is 6.04. The molecule has 0 saturated carbocycles. The lowest BCUT2D eigenvalue weighted by molar-refractivity contribution is 0.102. The van der Waals surface area contributed by atoms with Crippen molar-refractivity contribution < 1.29 is 13.6 Å². The van der Waals surface area contributed by atoms with E-state index in [-0.39, 0.29) is 11.5 Å². The second-order valence-electron chi connectivity index (χ2n) is 4.38. The zero-order chi connectivity index (χ0) is 14.1. The van der Waals surface area contributed by atoms with Crippen molar-refractivity contribution in [2.24, 2.45) is 0 Å². The number of amides is 1. The van der Waals surface area contributed by atoms with Crippen molar-refractivity contribution in [1.82, 2.24) is 4.98 Å². The van der Waals surface area contributed by atoms with Gasteiger partial charge in [-0.15, -0.1) is 0 Å². The summed E-state index contributed by atoms with van der Waals surface area (Å²) in [5, 5.41) is 2.69. The number of rotatable bonds is 2. The van der Waals surface area contributed by atoms with Gasteiger partial charge in [0, 0.05) is 24.2 Å². The van der Waals surface area contributed by atoms with Crippen LogP contribution in [0.2, 0.25) is 0 Å². The minimum atomic E-state index is -0.445. The van der Waals surface area contributed by atoms with E-state index in [4.69, 9.17) is 4.42 Å². The molecule has 0 fully saturated rings. The molecule has 0 atom stereocenters. The molecule has 3 rings (SSSR count). The number of halogens is 1. The number of nitrogens with zero attached hydrogens (tertiary/aromatic N) is 1. The molecule has 20 heavy (non-hydrogen) atoms. The van der Waals surface area contributed by atoms with Crippen LogP contribution in [0, 0.1) is 12.7 Å². The van der Waals surface area contributed by atoms with E-state index in [0.717, 1.165) is 5.52 Å². The predicted molar refractivity (Wildman–Crippen MR) is 73.1 cm³/mol. The molecule has 0 spiro atoms. The van der Waals surface area contributed by atoms with Gasteiger partial charge in [-0.05, 0) is 30.3 Å². The molecule has 5 heteroatoms. The summed E-state index contributed by atoms with van der Waals surface area (Å²) in [6, 6.07) is 10.7. The standard InChI is InChI=1S/C15H11FN2O2/c1-9-17-13-6-5-12(8-14(13)20-9)18-15(19)10-3-2-4-11(16)7-10/h2-8H,1H3,(H,18,19). The van der Waals surface area contributed by atoms with Gasteiger partial charge in [0.25, 0.3) is 5.91 Å². The first-order valence-corrected chi connectivity index (χ1v) is 6.06. The Kier molecular flexibility index (Phi) is 2.95. The average molecular weight is 270 g/mol. The fraction of sp³-hybridized carbons (Fsp3) is 0.0667. The number of carbonyl (C=O) groups is 1. The Bertz CT molecular complexity index is 795. The number of anilines is 1. The molecule has 0 unspecified atom stereocenters. The summed E-state index contributed by atoms with van der Waals surface area (Å²) in [5.41, 5.74) is 2.16. The van der Waals surface area contributed by atoms with E-state index in [2.05, 4.69) is 10.3 Å². The first-order valence-electron chi connectivity index (χ1n) is 6.06. The van der Waals surface area contributed by atoms with Crippen LogP contribution in [-0.2, 0) is 0 Å². The fourth-order valence-corrected chi connectivity index (χ4v) is 1.95. The summed E-state index contributed by atoms with van der Waals surface area (Å²) in [7, 11) is 0. The van der Waals surface area contributed by atoms with Crippen molar-refractivity contribution in [3.05, 3.63) is 59.7 Å². The lowest BCUT2D eigenvalue weighted by Crippen LogP contribution is -2.11. The molecule has 3 aromatic rings. The lowest BCUT2D eigenvalue weighted by atomic mass is 10.2. The fourth-order valence-electron chi connectivity index (χ4n) is 1.95. The molecule has 0 aliphatic heterocycles. The molecule has 100 valence electrons. The minimum absolute atomic E-state index is 0.263. The molecule has 0 aliphatic carbocycles. The Hall–Kier alpha value is -2.69. The maximum absolute atomic E-state index is 13.1. The number of carbonyl (C=O) groups excluding carboxylic acids is 1. The molecular formula is C15H11FN2O2. The minimum Gasteiger partial charge on any atom is -0.441 e. The Balaban J connectivity index is 1.87. The van der Waals surface area contributed by atoms with E-state index in [1.54, 1.807) is 31.2 Å².